The Morgan fingerprint density at radius 3 is 2.95 bits per heavy atom. The summed E-state index contributed by atoms with van der Waals surface area (Å²) >= 11 is 0. The van der Waals surface area contributed by atoms with Crippen LogP contribution in [0.4, 0.5) is 0 Å². The molecule has 114 valence electrons. The first-order chi connectivity index (χ1) is 10.2. The molecule has 1 aliphatic heterocycles. The van der Waals surface area contributed by atoms with Gasteiger partial charge < -0.3 is 19.6 Å². The highest BCUT2D eigenvalue weighted by Crippen LogP contribution is 2.20. The van der Waals surface area contributed by atoms with E-state index in [-0.39, 0.29) is 12.1 Å². The SMILES string of the molecule is CO[C@@H]1COC[C@@H](N(C)Cc2cc3ccccc3[nH]2)[C@@H]1O. The van der Waals surface area contributed by atoms with Crippen molar-refractivity contribution in [2.75, 3.05) is 27.4 Å². The number of methoxy groups -OCH3 is 1. The van der Waals surface area contributed by atoms with Gasteiger partial charge in [0, 0.05) is 24.9 Å². The Bertz CT molecular complexity index is 565. The Labute approximate surface area is 124 Å². The van der Waals surface area contributed by atoms with Crippen LogP contribution < -0.4 is 0 Å². The summed E-state index contributed by atoms with van der Waals surface area (Å²) in [6.07, 6.45) is -0.785. The van der Waals surface area contributed by atoms with Gasteiger partial charge in [-0.1, -0.05) is 18.2 Å². The van der Waals surface area contributed by atoms with Crippen molar-refractivity contribution in [2.24, 2.45) is 0 Å². The number of fused-ring (bicyclic) bond motifs is 1. The van der Waals surface area contributed by atoms with E-state index in [1.807, 2.05) is 19.2 Å². The van der Waals surface area contributed by atoms with Crippen LogP contribution in [0.5, 0.6) is 0 Å². The van der Waals surface area contributed by atoms with E-state index in [0.717, 1.165) is 17.8 Å². The molecule has 1 aromatic heterocycles. The zero-order valence-corrected chi connectivity index (χ0v) is 12.5. The molecule has 21 heavy (non-hydrogen) atoms. The zero-order valence-electron chi connectivity index (χ0n) is 12.5. The molecule has 0 spiro atoms. The van der Waals surface area contributed by atoms with Crippen molar-refractivity contribution in [3.05, 3.63) is 36.0 Å². The molecule has 3 atom stereocenters. The van der Waals surface area contributed by atoms with Crippen LogP contribution in [0, 0.1) is 0 Å². The number of benzene rings is 1. The third-order valence-electron chi connectivity index (χ3n) is 4.22. The van der Waals surface area contributed by atoms with E-state index in [0.29, 0.717) is 13.2 Å². The van der Waals surface area contributed by atoms with Crippen LogP contribution in [-0.2, 0) is 16.0 Å². The van der Waals surface area contributed by atoms with Gasteiger partial charge in [0.25, 0.3) is 0 Å². The smallest absolute Gasteiger partial charge is 0.108 e. The number of H-pyrrole nitrogens is 1. The fourth-order valence-corrected chi connectivity index (χ4v) is 2.95. The van der Waals surface area contributed by atoms with E-state index in [1.165, 1.54) is 5.39 Å². The molecule has 5 heteroatoms. The number of aromatic amines is 1. The number of hydrogen-bond donors (Lipinski definition) is 2. The van der Waals surface area contributed by atoms with Crippen molar-refractivity contribution in [1.29, 1.82) is 0 Å². The summed E-state index contributed by atoms with van der Waals surface area (Å²) in [6, 6.07) is 10.3. The molecular weight excluding hydrogens is 268 g/mol. The first-order valence-electron chi connectivity index (χ1n) is 7.24. The quantitative estimate of drug-likeness (QED) is 0.893. The summed E-state index contributed by atoms with van der Waals surface area (Å²) in [5.74, 6) is 0. The molecule has 0 radical (unpaired) electrons. The van der Waals surface area contributed by atoms with Gasteiger partial charge in [0.05, 0.1) is 19.3 Å². The van der Waals surface area contributed by atoms with Gasteiger partial charge >= 0.3 is 0 Å². The number of aromatic nitrogens is 1. The van der Waals surface area contributed by atoms with Crippen molar-refractivity contribution in [1.82, 2.24) is 9.88 Å². The number of aliphatic hydroxyl groups excluding tert-OH is 1. The Morgan fingerprint density at radius 1 is 1.38 bits per heavy atom. The Kier molecular flexibility index (Phi) is 4.26. The number of ether oxygens (including phenoxy) is 2. The van der Waals surface area contributed by atoms with Crippen LogP contribution in [-0.4, -0.2) is 60.6 Å². The van der Waals surface area contributed by atoms with E-state index < -0.39 is 6.10 Å². The maximum atomic E-state index is 10.4. The van der Waals surface area contributed by atoms with Gasteiger partial charge in [0.15, 0.2) is 0 Å². The van der Waals surface area contributed by atoms with Crippen LogP contribution in [0.15, 0.2) is 30.3 Å². The maximum Gasteiger partial charge on any atom is 0.108 e. The molecule has 0 unspecified atom stereocenters. The van der Waals surface area contributed by atoms with E-state index in [4.69, 9.17) is 9.47 Å². The summed E-state index contributed by atoms with van der Waals surface area (Å²) < 4.78 is 10.8. The Hall–Kier alpha value is -1.40. The number of rotatable bonds is 4. The van der Waals surface area contributed by atoms with Crippen LogP contribution in [0.1, 0.15) is 5.69 Å². The fourth-order valence-electron chi connectivity index (χ4n) is 2.95. The highest BCUT2D eigenvalue weighted by atomic mass is 16.5. The van der Waals surface area contributed by atoms with Crippen molar-refractivity contribution in [3.8, 4) is 0 Å². The summed E-state index contributed by atoms with van der Waals surface area (Å²) in [5.41, 5.74) is 2.27. The monoisotopic (exact) mass is 290 g/mol. The van der Waals surface area contributed by atoms with E-state index in [1.54, 1.807) is 7.11 Å². The molecule has 3 rings (SSSR count). The second kappa shape index (κ2) is 6.15. The van der Waals surface area contributed by atoms with Crippen LogP contribution in [0.3, 0.4) is 0 Å². The summed E-state index contributed by atoms with van der Waals surface area (Å²) in [4.78, 5) is 5.52. The van der Waals surface area contributed by atoms with Gasteiger partial charge in [0.1, 0.15) is 12.2 Å². The molecule has 0 aliphatic carbocycles. The molecule has 2 aromatic rings. The number of nitrogens with one attached hydrogen (secondary N) is 1. The highest BCUT2D eigenvalue weighted by molar-refractivity contribution is 5.80. The third-order valence-corrected chi connectivity index (χ3v) is 4.22. The lowest BCUT2D eigenvalue weighted by Gasteiger charge is -2.38. The van der Waals surface area contributed by atoms with Crippen molar-refractivity contribution < 1.29 is 14.6 Å². The van der Waals surface area contributed by atoms with Gasteiger partial charge in [-0.3, -0.25) is 4.90 Å². The van der Waals surface area contributed by atoms with E-state index >= 15 is 0 Å². The van der Waals surface area contributed by atoms with Gasteiger partial charge in [-0.15, -0.1) is 0 Å². The minimum absolute atomic E-state index is 0.0601. The number of hydrogen-bond acceptors (Lipinski definition) is 4. The van der Waals surface area contributed by atoms with E-state index in [2.05, 4.69) is 28.1 Å². The summed E-state index contributed by atoms with van der Waals surface area (Å²) in [7, 11) is 3.61. The van der Waals surface area contributed by atoms with Gasteiger partial charge in [-0.05, 0) is 24.6 Å². The minimum atomic E-state index is -0.530. The number of para-hydroxylation sites is 1. The first kappa shape index (κ1) is 14.5. The predicted molar refractivity (Wildman–Crippen MR) is 81.2 cm³/mol. The number of likely N-dealkylation sites (N-methyl/N-ethyl adjacent to an activating group) is 1. The van der Waals surface area contributed by atoms with Crippen LogP contribution in [0.2, 0.25) is 0 Å². The predicted octanol–water partition coefficient (Wildman–Crippen LogP) is 1.37. The highest BCUT2D eigenvalue weighted by Gasteiger charge is 2.35. The minimum Gasteiger partial charge on any atom is -0.389 e. The van der Waals surface area contributed by atoms with Gasteiger partial charge in [-0.2, -0.15) is 0 Å². The topological polar surface area (TPSA) is 57.7 Å². The van der Waals surface area contributed by atoms with Crippen LogP contribution in [0.25, 0.3) is 10.9 Å². The lowest BCUT2D eigenvalue weighted by Crippen LogP contribution is -2.55. The normalized spacial score (nSPS) is 26.6. The summed E-state index contributed by atoms with van der Waals surface area (Å²) in [6.45, 7) is 1.71. The average Bonchev–Trinajstić information content (AvgIpc) is 2.89. The Morgan fingerprint density at radius 2 is 2.19 bits per heavy atom. The molecule has 1 aliphatic rings. The fraction of sp³-hybridized carbons (Fsp3) is 0.500. The molecule has 0 bridgehead atoms. The van der Waals surface area contributed by atoms with E-state index in [9.17, 15) is 5.11 Å². The third kappa shape index (κ3) is 2.96. The van der Waals surface area contributed by atoms with Gasteiger partial charge in [-0.25, -0.2) is 0 Å². The molecule has 1 saturated heterocycles. The zero-order chi connectivity index (χ0) is 14.8. The number of nitrogens with zero attached hydrogens (tertiary/aromatic N) is 1. The van der Waals surface area contributed by atoms with Crippen molar-refractivity contribution >= 4 is 10.9 Å². The van der Waals surface area contributed by atoms with Crippen molar-refractivity contribution in [3.63, 3.8) is 0 Å². The average molecular weight is 290 g/mol. The summed E-state index contributed by atoms with van der Waals surface area (Å²) in [5, 5.41) is 11.6. The molecule has 1 fully saturated rings. The molecule has 2 heterocycles. The lowest BCUT2D eigenvalue weighted by atomic mass is 10.0. The standard InChI is InChI=1S/C16H22N2O3/c1-18(14-9-21-10-15(20-2)16(14)19)8-12-7-11-5-3-4-6-13(11)17-12/h3-7,14-17,19H,8-10H2,1-2H3/t14-,15-,16+/m1/s1. The van der Waals surface area contributed by atoms with Crippen molar-refractivity contribution in [2.45, 2.75) is 24.8 Å². The Balaban J connectivity index is 1.71. The second-order valence-electron chi connectivity index (χ2n) is 5.67. The maximum absolute atomic E-state index is 10.4. The number of aliphatic hydroxyl groups is 1. The molecule has 1 aromatic carbocycles. The van der Waals surface area contributed by atoms with Crippen LogP contribution >= 0.6 is 0 Å². The lowest BCUT2D eigenvalue weighted by molar-refractivity contribution is -0.142. The molecule has 2 N–H and O–H groups in total. The molecule has 0 amide bonds. The molecular formula is C16H22N2O3. The first-order valence-corrected chi connectivity index (χ1v) is 7.24. The molecule has 5 nitrogen and oxygen atoms in total. The second-order valence-corrected chi connectivity index (χ2v) is 5.67. The molecule has 0 saturated carbocycles. The largest absolute Gasteiger partial charge is 0.389 e. The van der Waals surface area contributed by atoms with Gasteiger partial charge in [0.2, 0.25) is 0 Å².